The molecule has 0 saturated carbocycles. The zero-order valence-corrected chi connectivity index (χ0v) is 22.5. The van der Waals surface area contributed by atoms with Gasteiger partial charge in [-0.2, -0.15) is 5.26 Å². The minimum Gasteiger partial charge on any atom is -0.463 e. The predicted octanol–water partition coefficient (Wildman–Crippen LogP) is 6.37. The van der Waals surface area contributed by atoms with E-state index in [4.69, 9.17) is 16.3 Å². The maximum Gasteiger partial charge on any atom is 0.336 e. The second-order valence-corrected chi connectivity index (χ2v) is 9.83. The third-order valence-electron chi connectivity index (χ3n) is 5.88. The van der Waals surface area contributed by atoms with Crippen LogP contribution >= 0.6 is 23.4 Å². The SMILES string of the molecule is CCCC1=C(C(=O)OCC)[C@@H](c2ccccc2Cl)C(C#N)=C(SCC(=O)Nc2ccc(C)c(C)c2)N1. The number of dihydropyridines is 1. The molecule has 3 rings (SSSR count). The molecule has 1 amide bonds. The lowest BCUT2D eigenvalue weighted by molar-refractivity contribution is -0.138. The molecule has 0 aliphatic carbocycles. The van der Waals surface area contributed by atoms with E-state index in [-0.39, 0.29) is 18.3 Å². The van der Waals surface area contributed by atoms with Gasteiger partial charge in [-0.15, -0.1) is 0 Å². The number of nitrogens with zero attached hydrogens (tertiary/aromatic N) is 1. The molecule has 188 valence electrons. The van der Waals surface area contributed by atoms with Crippen molar-refractivity contribution in [1.82, 2.24) is 5.32 Å². The number of allylic oxidation sites excluding steroid dienone is 2. The average molecular weight is 524 g/mol. The van der Waals surface area contributed by atoms with Gasteiger partial charge >= 0.3 is 5.97 Å². The number of anilines is 1. The van der Waals surface area contributed by atoms with Gasteiger partial charge in [0.05, 0.1) is 40.5 Å². The molecular formula is C28H30ClN3O3S. The molecule has 36 heavy (non-hydrogen) atoms. The van der Waals surface area contributed by atoms with Crippen LogP contribution in [0, 0.1) is 25.2 Å². The number of thioether (sulfide) groups is 1. The van der Waals surface area contributed by atoms with Gasteiger partial charge in [0.2, 0.25) is 5.91 Å². The van der Waals surface area contributed by atoms with E-state index in [0.29, 0.717) is 38.9 Å². The lowest BCUT2D eigenvalue weighted by Gasteiger charge is -2.31. The van der Waals surface area contributed by atoms with E-state index in [0.717, 1.165) is 23.2 Å². The van der Waals surface area contributed by atoms with Gasteiger partial charge in [0.25, 0.3) is 0 Å². The van der Waals surface area contributed by atoms with Crippen LogP contribution in [0.4, 0.5) is 5.69 Å². The molecule has 0 fully saturated rings. The highest BCUT2D eigenvalue weighted by Gasteiger charge is 2.37. The molecule has 8 heteroatoms. The summed E-state index contributed by atoms with van der Waals surface area (Å²) in [6.45, 7) is 7.98. The smallest absolute Gasteiger partial charge is 0.336 e. The van der Waals surface area contributed by atoms with Gasteiger partial charge in [0.15, 0.2) is 0 Å². The lowest BCUT2D eigenvalue weighted by atomic mass is 9.81. The second-order valence-electron chi connectivity index (χ2n) is 8.43. The normalized spacial score (nSPS) is 15.3. The Morgan fingerprint density at radius 2 is 1.92 bits per heavy atom. The largest absolute Gasteiger partial charge is 0.463 e. The molecule has 1 aliphatic rings. The minimum absolute atomic E-state index is 0.0871. The second kappa shape index (κ2) is 12.7. The van der Waals surface area contributed by atoms with Gasteiger partial charge in [-0.1, -0.05) is 61.0 Å². The summed E-state index contributed by atoms with van der Waals surface area (Å²) >= 11 is 7.77. The van der Waals surface area contributed by atoms with Crippen LogP contribution in [-0.4, -0.2) is 24.2 Å². The van der Waals surface area contributed by atoms with Crippen molar-refractivity contribution in [3.05, 3.63) is 86.0 Å². The number of amides is 1. The molecule has 0 unspecified atom stereocenters. The van der Waals surface area contributed by atoms with Crippen LogP contribution in [0.25, 0.3) is 0 Å². The average Bonchev–Trinajstić information content (AvgIpc) is 2.85. The Balaban J connectivity index is 1.96. The summed E-state index contributed by atoms with van der Waals surface area (Å²) in [5.41, 5.74) is 4.99. The van der Waals surface area contributed by atoms with Crippen LogP contribution < -0.4 is 10.6 Å². The third kappa shape index (κ3) is 6.31. The standard InChI is InChI=1S/C28H30ClN3O3S/c1-5-9-23-26(28(34)35-6-2)25(20-10-7-8-11-22(20)29)21(15-30)27(32-23)36-16-24(33)31-19-13-12-17(3)18(4)14-19/h7-8,10-14,25,32H,5-6,9,16H2,1-4H3,(H,31,33)/t25-/m0/s1. The minimum atomic E-state index is -0.698. The first-order valence-electron chi connectivity index (χ1n) is 11.9. The molecule has 2 N–H and O–H groups in total. The number of benzene rings is 2. The summed E-state index contributed by atoms with van der Waals surface area (Å²) in [7, 11) is 0. The van der Waals surface area contributed by atoms with Crippen molar-refractivity contribution in [1.29, 1.82) is 5.26 Å². The van der Waals surface area contributed by atoms with Crippen molar-refractivity contribution in [2.75, 3.05) is 17.7 Å². The number of rotatable bonds is 9. The third-order valence-corrected chi connectivity index (χ3v) is 7.24. The summed E-state index contributed by atoms with van der Waals surface area (Å²) < 4.78 is 5.38. The number of nitriles is 1. The Bertz CT molecular complexity index is 1260. The van der Waals surface area contributed by atoms with E-state index >= 15 is 0 Å². The number of esters is 1. The monoisotopic (exact) mass is 523 g/mol. The van der Waals surface area contributed by atoms with Crippen molar-refractivity contribution < 1.29 is 14.3 Å². The van der Waals surface area contributed by atoms with Crippen molar-refractivity contribution in [3.8, 4) is 6.07 Å². The van der Waals surface area contributed by atoms with Crippen LogP contribution in [0.2, 0.25) is 5.02 Å². The molecule has 1 atom stereocenters. The molecule has 0 spiro atoms. The summed E-state index contributed by atoms with van der Waals surface area (Å²) in [5, 5.41) is 17.4. The number of aryl methyl sites for hydroxylation is 2. The molecule has 0 bridgehead atoms. The molecule has 1 heterocycles. The van der Waals surface area contributed by atoms with Crippen molar-refractivity contribution in [2.45, 2.75) is 46.5 Å². The number of halogens is 1. The Labute approximate surface area is 221 Å². The summed E-state index contributed by atoms with van der Waals surface area (Å²) in [4.78, 5) is 25.8. The maximum absolute atomic E-state index is 13.1. The number of carbonyl (C=O) groups is 2. The van der Waals surface area contributed by atoms with E-state index in [1.165, 1.54) is 11.8 Å². The molecule has 0 aromatic heterocycles. The first-order valence-corrected chi connectivity index (χ1v) is 13.2. The number of nitrogens with one attached hydrogen (secondary N) is 2. The fraction of sp³-hybridized carbons (Fsp3) is 0.321. The van der Waals surface area contributed by atoms with Gasteiger partial charge in [-0.05, 0) is 62.1 Å². The number of ether oxygens (including phenoxy) is 1. The number of carbonyl (C=O) groups excluding carboxylic acids is 2. The topological polar surface area (TPSA) is 91.2 Å². The fourth-order valence-electron chi connectivity index (χ4n) is 4.02. The molecule has 0 radical (unpaired) electrons. The molecule has 2 aromatic carbocycles. The van der Waals surface area contributed by atoms with E-state index in [1.807, 2.05) is 51.1 Å². The Morgan fingerprint density at radius 3 is 2.56 bits per heavy atom. The van der Waals surface area contributed by atoms with Gasteiger partial charge in [-0.3, -0.25) is 4.79 Å². The maximum atomic E-state index is 13.1. The molecule has 6 nitrogen and oxygen atoms in total. The number of hydrogen-bond donors (Lipinski definition) is 2. The zero-order chi connectivity index (χ0) is 26.2. The van der Waals surface area contributed by atoms with Crippen molar-refractivity contribution in [3.63, 3.8) is 0 Å². The first-order chi connectivity index (χ1) is 17.3. The van der Waals surface area contributed by atoms with Gasteiger partial charge in [0.1, 0.15) is 0 Å². The van der Waals surface area contributed by atoms with Crippen LogP contribution in [-0.2, 0) is 14.3 Å². The van der Waals surface area contributed by atoms with E-state index in [2.05, 4.69) is 16.7 Å². The van der Waals surface area contributed by atoms with Crippen LogP contribution in [0.5, 0.6) is 0 Å². The predicted molar refractivity (Wildman–Crippen MR) is 146 cm³/mol. The van der Waals surface area contributed by atoms with Crippen molar-refractivity contribution >= 4 is 40.9 Å². The summed E-state index contributed by atoms with van der Waals surface area (Å²) in [5.74, 6) is -1.29. The highest BCUT2D eigenvalue weighted by Crippen LogP contribution is 2.44. The molecule has 0 saturated heterocycles. The quantitative estimate of drug-likeness (QED) is 0.371. The summed E-state index contributed by atoms with van der Waals surface area (Å²) in [6.07, 6.45) is 1.35. The van der Waals surface area contributed by atoms with E-state index in [9.17, 15) is 14.9 Å². The van der Waals surface area contributed by atoms with Crippen LogP contribution in [0.3, 0.4) is 0 Å². The van der Waals surface area contributed by atoms with Crippen molar-refractivity contribution in [2.24, 2.45) is 0 Å². The highest BCUT2D eigenvalue weighted by atomic mass is 35.5. The van der Waals surface area contributed by atoms with Gasteiger partial charge in [0, 0.05) is 16.4 Å². The Kier molecular flexibility index (Phi) is 9.63. The van der Waals surface area contributed by atoms with Gasteiger partial charge < -0.3 is 15.4 Å². The lowest BCUT2D eigenvalue weighted by Crippen LogP contribution is -2.30. The fourth-order valence-corrected chi connectivity index (χ4v) is 5.13. The van der Waals surface area contributed by atoms with Crippen LogP contribution in [0.1, 0.15) is 49.3 Å². The number of hydrogen-bond acceptors (Lipinski definition) is 6. The highest BCUT2D eigenvalue weighted by molar-refractivity contribution is 8.03. The van der Waals surface area contributed by atoms with E-state index < -0.39 is 11.9 Å². The molecule has 1 aliphatic heterocycles. The zero-order valence-electron chi connectivity index (χ0n) is 20.9. The molecular weight excluding hydrogens is 494 g/mol. The summed E-state index contributed by atoms with van der Waals surface area (Å²) in [6, 6.07) is 15.2. The van der Waals surface area contributed by atoms with Gasteiger partial charge in [-0.25, -0.2) is 4.79 Å². The van der Waals surface area contributed by atoms with Crippen LogP contribution in [0.15, 0.2) is 64.3 Å². The first kappa shape index (κ1) is 27.4. The Hall–Kier alpha value is -3.21. The van der Waals surface area contributed by atoms with E-state index in [1.54, 1.807) is 19.1 Å². The molecule has 2 aromatic rings. The Morgan fingerprint density at radius 1 is 1.17 bits per heavy atom.